The summed E-state index contributed by atoms with van der Waals surface area (Å²) in [5, 5.41) is 19.8. The Hall–Kier alpha value is -5.11. The van der Waals surface area contributed by atoms with Crippen molar-refractivity contribution in [1.82, 2.24) is 19.7 Å². The van der Waals surface area contributed by atoms with Crippen LogP contribution in [-0.4, -0.2) is 64.4 Å². The molecule has 13 nitrogen and oxygen atoms in total. The summed E-state index contributed by atoms with van der Waals surface area (Å²) in [7, 11) is 2.00. The first kappa shape index (κ1) is 25.8. The van der Waals surface area contributed by atoms with Gasteiger partial charge in [-0.25, -0.2) is 9.18 Å². The topological polar surface area (TPSA) is 150 Å². The van der Waals surface area contributed by atoms with Gasteiger partial charge in [-0.3, -0.25) is 14.9 Å². The van der Waals surface area contributed by atoms with Gasteiger partial charge >= 0.3 is 5.63 Å². The molecule has 14 heteroatoms. The minimum absolute atomic E-state index is 0.0484. The Kier molecular flexibility index (Phi) is 5.83. The van der Waals surface area contributed by atoms with E-state index in [1.165, 1.54) is 36.4 Å². The fraction of sp³-hybridized carbons (Fsp3) is 0.286. The first-order valence-corrected chi connectivity index (χ1v) is 13.2. The highest BCUT2D eigenvalue weighted by Crippen LogP contribution is 2.43. The first-order valence-electron chi connectivity index (χ1n) is 13.2. The van der Waals surface area contributed by atoms with E-state index in [4.69, 9.17) is 13.6 Å². The summed E-state index contributed by atoms with van der Waals surface area (Å²) >= 11 is 0. The van der Waals surface area contributed by atoms with E-state index in [0.717, 1.165) is 13.1 Å². The van der Waals surface area contributed by atoms with E-state index in [1.807, 2.05) is 23.4 Å². The van der Waals surface area contributed by atoms with Crippen LogP contribution in [-0.2, 0) is 0 Å². The monoisotopic (exact) mass is 574 g/mol. The Balaban J connectivity index is 1.39. The van der Waals surface area contributed by atoms with E-state index in [1.54, 1.807) is 0 Å². The highest BCUT2D eigenvalue weighted by molar-refractivity contribution is 5.93. The van der Waals surface area contributed by atoms with Crippen molar-refractivity contribution in [3.8, 4) is 28.8 Å². The van der Waals surface area contributed by atoms with Gasteiger partial charge in [-0.1, -0.05) is 0 Å². The normalized spacial score (nSPS) is 17.1. The molecule has 2 aromatic carbocycles. The molecular weight excluding hydrogens is 551 g/mol. The number of nitrogens with zero attached hydrogens (tertiary/aromatic N) is 6. The van der Waals surface area contributed by atoms with Gasteiger partial charge < -0.3 is 27.9 Å². The number of ether oxygens (including phenoxy) is 1. The van der Waals surface area contributed by atoms with E-state index < -0.39 is 21.8 Å². The fourth-order valence-corrected chi connectivity index (χ4v) is 5.60. The van der Waals surface area contributed by atoms with Crippen molar-refractivity contribution in [2.24, 2.45) is 0 Å². The Labute approximate surface area is 235 Å². The van der Waals surface area contributed by atoms with Gasteiger partial charge in [0.25, 0.3) is 17.5 Å². The standard InChI is InChI=1S/C28H23FN6O7/c1-14-13-40-25-23-17(11-19(29)24(25)33-7-5-32(2)6-8-33)21(36)12-20(34(14)23)27-31-30-26(42-27)18-10-15-9-16(35(38)39)3-4-22(15)41-28(18)37/h3-4,9-12,14H,5-8,13H2,1-2H3. The van der Waals surface area contributed by atoms with Crippen LogP contribution in [0.2, 0.25) is 0 Å². The smallest absolute Gasteiger partial charge is 0.349 e. The zero-order valence-corrected chi connectivity index (χ0v) is 22.5. The van der Waals surface area contributed by atoms with Gasteiger partial charge in [-0.05, 0) is 32.2 Å². The molecule has 0 saturated carbocycles. The van der Waals surface area contributed by atoms with Crippen molar-refractivity contribution in [3.63, 3.8) is 0 Å². The van der Waals surface area contributed by atoms with E-state index in [-0.39, 0.29) is 58.1 Å². The summed E-state index contributed by atoms with van der Waals surface area (Å²) in [5.41, 5.74) is -0.353. The van der Waals surface area contributed by atoms with Crippen LogP contribution >= 0.6 is 0 Å². The fourth-order valence-electron chi connectivity index (χ4n) is 5.60. The van der Waals surface area contributed by atoms with E-state index in [2.05, 4.69) is 15.1 Å². The predicted octanol–water partition coefficient (Wildman–Crippen LogP) is 3.58. The third kappa shape index (κ3) is 4.02. The molecule has 214 valence electrons. The number of nitro benzene ring substituents is 1. The number of hydrogen-bond donors (Lipinski definition) is 0. The van der Waals surface area contributed by atoms with Crippen LogP contribution in [0.25, 0.3) is 44.9 Å². The van der Waals surface area contributed by atoms with Gasteiger partial charge in [0.05, 0.1) is 21.9 Å². The molecule has 0 aliphatic carbocycles. The maximum atomic E-state index is 15.5. The molecule has 7 rings (SSSR count). The Morgan fingerprint density at radius 1 is 1.02 bits per heavy atom. The Morgan fingerprint density at radius 3 is 2.55 bits per heavy atom. The number of hydrogen-bond acceptors (Lipinski definition) is 11. The Bertz CT molecular complexity index is 2040. The number of nitro groups is 1. The lowest BCUT2D eigenvalue weighted by Gasteiger charge is -2.37. The minimum atomic E-state index is -0.778. The molecule has 5 heterocycles. The second-order valence-electron chi connectivity index (χ2n) is 10.5. The molecule has 3 aromatic heterocycles. The number of non-ortho nitro benzene ring substituents is 1. The van der Waals surface area contributed by atoms with Crippen LogP contribution in [0.3, 0.4) is 0 Å². The van der Waals surface area contributed by atoms with Gasteiger partial charge in [0.2, 0.25) is 0 Å². The maximum absolute atomic E-state index is 15.5. The molecule has 0 radical (unpaired) electrons. The summed E-state index contributed by atoms with van der Waals surface area (Å²) in [5.74, 6) is -0.489. The quantitative estimate of drug-likeness (QED) is 0.176. The molecular formula is C28H23FN6O7. The molecule has 0 amide bonds. The largest absolute Gasteiger partial charge is 0.487 e. The highest BCUT2D eigenvalue weighted by atomic mass is 19.1. The van der Waals surface area contributed by atoms with E-state index in [9.17, 15) is 19.7 Å². The number of likely N-dealkylation sites (N-methyl/N-ethyl adjacent to an activating group) is 1. The predicted molar refractivity (Wildman–Crippen MR) is 150 cm³/mol. The molecule has 5 aromatic rings. The summed E-state index contributed by atoms with van der Waals surface area (Å²) in [4.78, 5) is 40.8. The first-order chi connectivity index (χ1) is 20.2. The van der Waals surface area contributed by atoms with Crippen molar-refractivity contribution in [2.75, 3.05) is 44.7 Å². The van der Waals surface area contributed by atoms with Crippen molar-refractivity contribution >= 4 is 33.2 Å². The molecule has 0 bridgehead atoms. The second kappa shape index (κ2) is 9.48. The van der Waals surface area contributed by atoms with Gasteiger partial charge in [-0.2, -0.15) is 0 Å². The Morgan fingerprint density at radius 2 is 1.79 bits per heavy atom. The molecule has 1 unspecified atom stereocenters. The van der Waals surface area contributed by atoms with Crippen LogP contribution in [0, 0.1) is 15.9 Å². The zero-order valence-electron chi connectivity index (χ0n) is 22.5. The average Bonchev–Trinajstić information content (AvgIpc) is 3.45. The van der Waals surface area contributed by atoms with Gasteiger partial charge in [0, 0.05) is 49.8 Å². The average molecular weight is 575 g/mol. The molecule has 2 aliphatic rings. The second-order valence-corrected chi connectivity index (χ2v) is 10.5. The molecule has 1 fully saturated rings. The van der Waals surface area contributed by atoms with Gasteiger partial charge in [0.15, 0.2) is 17.0 Å². The summed E-state index contributed by atoms with van der Waals surface area (Å²) in [6.45, 7) is 4.79. The lowest BCUT2D eigenvalue weighted by atomic mass is 10.1. The molecule has 0 N–H and O–H groups in total. The van der Waals surface area contributed by atoms with Gasteiger partial charge in [-0.15, -0.1) is 10.2 Å². The van der Waals surface area contributed by atoms with Crippen LogP contribution in [0.5, 0.6) is 5.75 Å². The maximum Gasteiger partial charge on any atom is 0.349 e. The van der Waals surface area contributed by atoms with Crippen LogP contribution < -0.4 is 20.7 Å². The summed E-state index contributed by atoms with van der Waals surface area (Å²) < 4.78 is 34.6. The zero-order chi connectivity index (χ0) is 29.3. The van der Waals surface area contributed by atoms with Crippen molar-refractivity contribution in [2.45, 2.75) is 13.0 Å². The lowest BCUT2D eigenvalue weighted by molar-refractivity contribution is -0.384. The number of benzene rings is 2. The van der Waals surface area contributed by atoms with Crippen LogP contribution in [0.15, 0.2) is 54.8 Å². The number of aromatic nitrogens is 3. The number of anilines is 1. The molecule has 42 heavy (non-hydrogen) atoms. The highest BCUT2D eigenvalue weighted by Gasteiger charge is 2.32. The molecule has 0 spiro atoms. The molecule has 1 saturated heterocycles. The number of fused-ring (bicyclic) bond motifs is 1. The van der Waals surface area contributed by atoms with Gasteiger partial charge in [0.1, 0.15) is 29.1 Å². The van der Waals surface area contributed by atoms with Crippen molar-refractivity contribution in [1.29, 1.82) is 0 Å². The number of piperazine rings is 1. The molecule has 1 atom stereocenters. The van der Waals surface area contributed by atoms with Crippen LogP contribution in [0.4, 0.5) is 15.8 Å². The SMILES string of the molecule is CC1COc2c(N3CCN(C)CC3)c(F)cc3c(=O)cc(-c4nnc(-c5cc6cc([N+](=O)[O-])ccc6oc5=O)o4)n1c23. The third-order valence-corrected chi connectivity index (χ3v) is 7.75. The lowest BCUT2D eigenvalue weighted by Crippen LogP contribution is -2.45. The number of halogens is 1. The third-order valence-electron chi connectivity index (χ3n) is 7.75. The number of pyridine rings is 1. The summed E-state index contributed by atoms with van der Waals surface area (Å²) in [6.07, 6.45) is 0. The van der Waals surface area contributed by atoms with E-state index >= 15 is 4.39 Å². The van der Waals surface area contributed by atoms with Crippen LogP contribution in [0.1, 0.15) is 13.0 Å². The van der Waals surface area contributed by atoms with E-state index in [0.29, 0.717) is 29.7 Å². The summed E-state index contributed by atoms with van der Waals surface area (Å²) in [6, 6.07) is 7.47. The molecule has 2 aliphatic heterocycles. The number of rotatable bonds is 4. The van der Waals surface area contributed by atoms with Crippen molar-refractivity contribution in [3.05, 3.63) is 73.0 Å². The minimum Gasteiger partial charge on any atom is -0.487 e. The van der Waals surface area contributed by atoms with Crippen molar-refractivity contribution < 1.29 is 22.9 Å².